The zero-order valence-electron chi connectivity index (χ0n) is 36.9. The van der Waals surface area contributed by atoms with Gasteiger partial charge in [-0.15, -0.1) is 0 Å². The van der Waals surface area contributed by atoms with Crippen molar-refractivity contribution in [3.05, 3.63) is 217 Å². The summed E-state index contributed by atoms with van der Waals surface area (Å²) >= 11 is 0. The van der Waals surface area contributed by atoms with Gasteiger partial charge in [0.1, 0.15) is 0 Å². The van der Waals surface area contributed by atoms with E-state index in [1.165, 1.54) is 16.7 Å². The normalized spacial score (nSPS) is 13.6. The Kier molecular flexibility index (Phi) is 11.8. The molecule has 0 radical (unpaired) electrons. The number of hydrogen-bond acceptors (Lipinski definition) is 6. The minimum atomic E-state index is -0.218. The topological polar surface area (TPSA) is 77.3 Å². The number of hydrogen-bond donors (Lipinski definition) is 0. The maximum Gasteiger partial charge on any atom is 0.164 e. The molecule has 2 aromatic heterocycles. The number of aromatic nitrogens is 6. The lowest BCUT2D eigenvalue weighted by Gasteiger charge is -2.33. The van der Waals surface area contributed by atoms with Crippen molar-refractivity contribution in [2.24, 2.45) is 0 Å². The molecule has 0 spiro atoms. The van der Waals surface area contributed by atoms with E-state index in [2.05, 4.69) is 184 Å². The van der Waals surface area contributed by atoms with E-state index in [0.717, 1.165) is 88.6 Å². The summed E-state index contributed by atoms with van der Waals surface area (Å²) in [5.74, 6) is 3.96. The highest BCUT2D eigenvalue weighted by molar-refractivity contribution is 5.79. The lowest BCUT2D eigenvalue weighted by atomic mass is 9.70. The van der Waals surface area contributed by atoms with Gasteiger partial charge in [-0.2, -0.15) is 0 Å². The molecule has 0 saturated carbocycles. The third kappa shape index (κ3) is 8.68. The summed E-state index contributed by atoms with van der Waals surface area (Å²) in [5.41, 5.74) is 12.7. The van der Waals surface area contributed by atoms with Crippen LogP contribution in [-0.2, 0) is 5.41 Å². The van der Waals surface area contributed by atoms with Gasteiger partial charge in [-0.05, 0) is 84.0 Å². The van der Waals surface area contributed by atoms with E-state index >= 15 is 0 Å². The molecule has 2 aliphatic rings. The van der Waals surface area contributed by atoms with Crippen molar-refractivity contribution in [3.63, 3.8) is 0 Å². The Morgan fingerprint density at radius 3 is 1.20 bits per heavy atom. The molecular weight excluding hydrogens is 793 g/mol. The molecule has 8 aromatic rings. The fraction of sp³-hybridized carbons (Fsp3) is 0.153. The van der Waals surface area contributed by atoms with Gasteiger partial charge in [0.15, 0.2) is 34.9 Å². The number of nitrogens with zero attached hydrogens (tertiary/aromatic N) is 6. The van der Waals surface area contributed by atoms with Crippen molar-refractivity contribution in [2.45, 2.75) is 57.8 Å². The minimum Gasteiger partial charge on any atom is -0.208 e. The van der Waals surface area contributed by atoms with Crippen LogP contribution in [0.15, 0.2) is 194 Å². The van der Waals surface area contributed by atoms with Crippen LogP contribution in [0.2, 0.25) is 0 Å². The van der Waals surface area contributed by atoms with Gasteiger partial charge in [0.05, 0.1) is 0 Å². The number of rotatable bonds is 12. The lowest BCUT2D eigenvalue weighted by Crippen LogP contribution is -2.26. The average Bonchev–Trinajstić information content (AvgIpc) is 3.40. The standard InChI is InChI=1S/C59H50N6/c1-3-59(4-2,51-35-31-45(32-36-51)55-60-53(43-23-13-7-14-24-43)62-57(64-55)49-29-17-27-47(39-49)41-19-9-5-10-20-41)52-37-33-46(34-38-52)56-61-54(44-25-15-8-16-26-44)63-58(65-56)50-30-18-28-48(40-50)42-21-11-6-12-22-42/h5,8-11,13,15-40H,3-4,6-7,12,14H2,1-2H3. The highest BCUT2D eigenvalue weighted by atomic mass is 15.0. The molecule has 0 aliphatic heterocycles. The van der Waals surface area contributed by atoms with Crippen molar-refractivity contribution >= 4 is 11.1 Å². The Morgan fingerprint density at radius 1 is 0.338 bits per heavy atom. The van der Waals surface area contributed by atoms with Crippen LogP contribution in [0, 0.1) is 0 Å². The van der Waals surface area contributed by atoms with Gasteiger partial charge in [0.2, 0.25) is 0 Å². The van der Waals surface area contributed by atoms with E-state index in [1.807, 2.05) is 24.3 Å². The number of benzene rings is 6. The quantitative estimate of drug-likeness (QED) is 0.122. The first-order chi connectivity index (χ1) is 32.1. The van der Waals surface area contributed by atoms with Crippen LogP contribution in [0.25, 0.3) is 79.2 Å². The van der Waals surface area contributed by atoms with Gasteiger partial charge in [-0.25, -0.2) is 29.9 Å². The SMILES string of the molecule is CCC(CC)(c1ccc(-c2nc(C3=CCCC=C3)nc(-c3cccc(-c4ccccc4)c3)n2)cc1)c1ccc(-c2nc(-c3ccccc3)nc(-c3cccc(C4=CCCC=C4)c3)n2)cc1. The van der Waals surface area contributed by atoms with Gasteiger partial charge >= 0.3 is 0 Å². The van der Waals surface area contributed by atoms with Crippen LogP contribution >= 0.6 is 0 Å². The summed E-state index contributed by atoms with van der Waals surface area (Å²) in [4.78, 5) is 30.4. The second-order valence-electron chi connectivity index (χ2n) is 16.7. The van der Waals surface area contributed by atoms with Crippen LogP contribution in [0.5, 0.6) is 0 Å². The second kappa shape index (κ2) is 18.6. The lowest BCUT2D eigenvalue weighted by molar-refractivity contribution is 0.478. The molecular formula is C59H50N6. The van der Waals surface area contributed by atoms with Crippen LogP contribution in [-0.4, -0.2) is 29.9 Å². The summed E-state index contributed by atoms with van der Waals surface area (Å²) < 4.78 is 0. The maximum absolute atomic E-state index is 5.11. The smallest absolute Gasteiger partial charge is 0.164 e. The second-order valence-corrected chi connectivity index (χ2v) is 16.7. The third-order valence-corrected chi connectivity index (χ3v) is 12.8. The molecule has 2 heterocycles. The molecule has 0 unspecified atom stereocenters. The molecule has 2 aliphatic carbocycles. The summed E-state index contributed by atoms with van der Waals surface area (Å²) in [6, 6.07) is 55.3. The van der Waals surface area contributed by atoms with Gasteiger partial charge in [-0.3, -0.25) is 0 Å². The van der Waals surface area contributed by atoms with Crippen LogP contribution in [0.1, 0.15) is 74.9 Å². The third-order valence-electron chi connectivity index (χ3n) is 12.8. The zero-order valence-corrected chi connectivity index (χ0v) is 36.9. The fourth-order valence-corrected chi connectivity index (χ4v) is 9.14. The first-order valence-corrected chi connectivity index (χ1v) is 22.9. The average molecular weight is 843 g/mol. The fourth-order valence-electron chi connectivity index (χ4n) is 9.14. The summed E-state index contributed by atoms with van der Waals surface area (Å²) in [6.45, 7) is 4.56. The van der Waals surface area contributed by atoms with Gasteiger partial charge in [-0.1, -0.05) is 196 Å². The summed E-state index contributed by atoms with van der Waals surface area (Å²) in [6.07, 6.45) is 19.3. The highest BCUT2D eigenvalue weighted by Gasteiger charge is 2.31. The van der Waals surface area contributed by atoms with E-state index in [0.29, 0.717) is 34.9 Å². The monoisotopic (exact) mass is 842 g/mol. The van der Waals surface area contributed by atoms with E-state index in [9.17, 15) is 0 Å². The van der Waals surface area contributed by atoms with Crippen molar-refractivity contribution in [3.8, 4) is 68.1 Å². The summed E-state index contributed by atoms with van der Waals surface area (Å²) in [7, 11) is 0. The summed E-state index contributed by atoms with van der Waals surface area (Å²) in [5, 5.41) is 0. The molecule has 0 fully saturated rings. The first-order valence-electron chi connectivity index (χ1n) is 22.9. The van der Waals surface area contributed by atoms with Gasteiger partial charge in [0, 0.05) is 38.8 Å². The molecule has 0 bridgehead atoms. The zero-order chi connectivity index (χ0) is 44.0. The maximum atomic E-state index is 5.11. The Morgan fingerprint density at radius 2 is 0.723 bits per heavy atom. The Balaban J connectivity index is 0.981. The van der Waals surface area contributed by atoms with Gasteiger partial charge < -0.3 is 0 Å². The minimum absolute atomic E-state index is 0.218. The molecule has 6 heteroatoms. The molecule has 0 atom stereocenters. The van der Waals surface area contributed by atoms with Crippen molar-refractivity contribution < 1.29 is 0 Å². The van der Waals surface area contributed by atoms with E-state index in [1.54, 1.807) is 0 Å². The van der Waals surface area contributed by atoms with Crippen molar-refractivity contribution in [2.75, 3.05) is 0 Å². The molecule has 65 heavy (non-hydrogen) atoms. The van der Waals surface area contributed by atoms with Crippen molar-refractivity contribution in [1.82, 2.24) is 29.9 Å². The van der Waals surface area contributed by atoms with E-state index in [-0.39, 0.29) is 5.41 Å². The predicted molar refractivity (Wildman–Crippen MR) is 266 cm³/mol. The molecule has 6 aromatic carbocycles. The van der Waals surface area contributed by atoms with Crippen LogP contribution in [0.4, 0.5) is 0 Å². The van der Waals surface area contributed by atoms with Crippen LogP contribution < -0.4 is 0 Å². The van der Waals surface area contributed by atoms with E-state index in [4.69, 9.17) is 29.9 Å². The van der Waals surface area contributed by atoms with Crippen molar-refractivity contribution in [1.29, 1.82) is 0 Å². The molecule has 0 amide bonds. The molecule has 0 N–H and O–H groups in total. The van der Waals surface area contributed by atoms with E-state index < -0.39 is 0 Å². The molecule has 6 nitrogen and oxygen atoms in total. The Bertz CT molecular complexity index is 3090. The first kappa shape index (κ1) is 41.3. The molecule has 10 rings (SSSR count). The highest BCUT2D eigenvalue weighted by Crippen LogP contribution is 2.41. The molecule has 316 valence electrons. The van der Waals surface area contributed by atoms with Crippen LogP contribution in [0.3, 0.4) is 0 Å². The predicted octanol–water partition coefficient (Wildman–Crippen LogP) is 14.6. The Hall–Kier alpha value is -7.70. The Labute approximate surface area is 382 Å². The largest absolute Gasteiger partial charge is 0.208 e. The molecule has 0 saturated heterocycles. The van der Waals surface area contributed by atoms with Gasteiger partial charge in [0.25, 0.3) is 0 Å². The number of allylic oxidation sites excluding steroid dienone is 8.